The van der Waals surface area contributed by atoms with Gasteiger partial charge in [0, 0.05) is 26.2 Å². The minimum atomic E-state index is -1.53. The van der Waals surface area contributed by atoms with E-state index in [1.807, 2.05) is 11.9 Å². The Morgan fingerprint density at radius 2 is 1.75 bits per heavy atom. The van der Waals surface area contributed by atoms with Gasteiger partial charge in [-0.3, -0.25) is 9.59 Å². The molecule has 5 nitrogen and oxygen atoms in total. The Labute approximate surface area is 137 Å². The summed E-state index contributed by atoms with van der Waals surface area (Å²) < 4.78 is 43.0. The highest BCUT2D eigenvalue weighted by atomic mass is 19.2. The summed E-state index contributed by atoms with van der Waals surface area (Å²) in [4.78, 5) is 26.5. The molecule has 1 fully saturated rings. The third kappa shape index (κ3) is 3.38. The molecule has 0 aliphatic carbocycles. The second kappa shape index (κ2) is 7.21. The molecule has 1 saturated heterocycles. The monoisotopic (exact) mass is 344 g/mol. The van der Waals surface area contributed by atoms with Crippen molar-refractivity contribution in [1.29, 1.82) is 0 Å². The number of benzene rings is 1. The van der Waals surface area contributed by atoms with Crippen LogP contribution in [0, 0.1) is 23.4 Å². The highest BCUT2D eigenvalue weighted by Crippen LogP contribution is 2.30. The van der Waals surface area contributed by atoms with Crippen molar-refractivity contribution in [2.24, 2.45) is 5.92 Å². The number of carbonyl (C=O) groups excluding carboxylic acids is 1. The highest BCUT2D eigenvalue weighted by molar-refractivity contribution is 6.08. The Kier molecular flexibility index (Phi) is 5.48. The van der Waals surface area contributed by atoms with Crippen LogP contribution in [0.1, 0.15) is 23.7 Å². The largest absolute Gasteiger partial charge is 0.481 e. The van der Waals surface area contributed by atoms with E-state index in [1.54, 1.807) is 0 Å². The number of anilines is 1. The van der Waals surface area contributed by atoms with Gasteiger partial charge in [-0.15, -0.1) is 0 Å². The van der Waals surface area contributed by atoms with Crippen molar-refractivity contribution in [1.82, 2.24) is 4.90 Å². The third-order valence-corrected chi connectivity index (χ3v) is 4.24. The van der Waals surface area contributed by atoms with Gasteiger partial charge in [-0.05, 0) is 19.5 Å². The number of halogens is 3. The number of rotatable bonds is 5. The van der Waals surface area contributed by atoms with Crippen LogP contribution < -0.4 is 4.90 Å². The summed E-state index contributed by atoms with van der Waals surface area (Å²) in [6.45, 7) is 3.21. The van der Waals surface area contributed by atoms with Crippen LogP contribution in [0.4, 0.5) is 18.9 Å². The van der Waals surface area contributed by atoms with Crippen LogP contribution >= 0.6 is 0 Å². The number of piperazine rings is 1. The number of carboxylic acids is 1. The fourth-order valence-electron chi connectivity index (χ4n) is 2.74. The molecule has 1 unspecified atom stereocenters. The molecule has 1 aliphatic rings. The van der Waals surface area contributed by atoms with Crippen molar-refractivity contribution in [3.8, 4) is 0 Å². The van der Waals surface area contributed by atoms with E-state index in [4.69, 9.17) is 5.11 Å². The average Bonchev–Trinajstić information content (AvgIpc) is 2.53. The number of aliphatic carboxylic acids is 1. The first-order valence-corrected chi connectivity index (χ1v) is 7.65. The number of hydrogen-bond donors (Lipinski definition) is 1. The molecule has 1 heterocycles. The third-order valence-electron chi connectivity index (χ3n) is 4.24. The summed E-state index contributed by atoms with van der Waals surface area (Å²) in [5.41, 5.74) is -1.38. The lowest BCUT2D eigenvalue weighted by atomic mass is 9.94. The fourth-order valence-corrected chi connectivity index (χ4v) is 2.74. The van der Waals surface area contributed by atoms with Crippen LogP contribution in [0.15, 0.2) is 6.07 Å². The van der Waals surface area contributed by atoms with Crippen LogP contribution in [0.2, 0.25) is 0 Å². The summed E-state index contributed by atoms with van der Waals surface area (Å²) >= 11 is 0. The molecular formula is C16H19F3N2O3. The van der Waals surface area contributed by atoms with Crippen LogP contribution in [0.5, 0.6) is 0 Å². The quantitative estimate of drug-likeness (QED) is 0.504. The molecule has 1 atom stereocenters. The zero-order chi connectivity index (χ0) is 18.0. The van der Waals surface area contributed by atoms with Gasteiger partial charge in [-0.2, -0.15) is 0 Å². The van der Waals surface area contributed by atoms with Gasteiger partial charge in [0.2, 0.25) is 0 Å². The number of ketones is 1. The van der Waals surface area contributed by atoms with Gasteiger partial charge < -0.3 is 14.9 Å². The summed E-state index contributed by atoms with van der Waals surface area (Å²) in [6.07, 6.45) is -0.100. The van der Waals surface area contributed by atoms with Crippen LogP contribution in [-0.4, -0.2) is 55.0 Å². The van der Waals surface area contributed by atoms with E-state index in [1.165, 1.54) is 11.8 Å². The van der Waals surface area contributed by atoms with E-state index < -0.39 is 46.4 Å². The average molecular weight is 344 g/mol. The zero-order valence-electron chi connectivity index (χ0n) is 13.5. The molecule has 1 aromatic rings. The maximum absolute atomic E-state index is 14.4. The van der Waals surface area contributed by atoms with E-state index in [9.17, 15) is 22.8 Å². The van der Waals surface area contributed by atoms with E-state index >= 15 is 0 Å². The molecule has 8 heteroatoms. The molecule has 0 radical (unpaired) electrons. The molecule has 0 aromatic heterocycles. The van der Waals surface area contributed by atoms with Gasteiger partial charge in [0.05, 0.1) is 5.56 Å². The lowest BCUT2D eigenvalue weighted by Gasteiger charge is -2.34. The molecule has 132 valence electrons. The standard InChI is InChI=1S/C16H19F3N2O3/c1-3-9(16(23)24)15(22)10-8-11(17)14(13(19)12(10)18)21-6-4-20(2)5-7-21/h8-9H,3-7H2,1-2H3,(H,23,24). The lowest BCUT2D eigenvalue weighted by molar-refractivity contribution is -0.140. The van der Waals surface area contributed by atoms with Crippen molar-refractivity contribution in [2.75, 3.05) is 38.1 Å². The molecule has 0 amide bonds. The first-order valence-electron chi connectivity index (χ1n) is 7.65. The molecular weight excluding hydrogens is 325 g/mol. The van der Waals surface area contributed by atoms with Crippen molar-refractivity contribution in [3.05, 3.63) is 29.1 Å². The van der Waals surface area contributed by atoms with E-state index in [0.29, 0.717) is 32.2 Å². The van der Waals surface area contributed by atoms with Crippen molar-refractivity contribution in [3.63, 3.8) is 0 Å². The van der Waals surface area contributed by atoms with E-state index in [-0.39, 0.29) is 6.42 Å². The van der Waals surface area contributed by atoms with E-state index in [2.05, 4.69) is 0 Å². The maximum Gasteiger partial charge on any atom is 0.314 e. The summed E-state index contributed by atoms with van der Waals surface area (Å²) in [6, 6.07) is 0.597. The summed E-state index contributed by atoms with van der Waals surface area (Å²) in [5, 5.41) is 8.97. The molecule has 1 N–H and O–H groups in total. The maximum atomic E-state index is 14.4. The second-order valence-corrected chi connectivity index (χ2v) is 5.84. The molecule has 24 heavy (non-hydrogen) atoms. The van der Waals surface area contributed by atoms with Gasteiger partial charge >= 0.3 is 5.97 Å². The van der Waals surface area contributed by atoms with Gasteiger partial charge in [-0.1, -0.05) is 6.92 Å². The predicted molar refractivity (Wildman–Crippen MR) is 81.8 cm³/mol. The molecule has 1 aromatic carbocycles. The second-order valence-electron chi connectivity index (χ2n) is 5.84. The van der Waals surface area contributed by atoms with Gasteiger partial charge in [0.25, 0.3) is 0 Å². The molecule has 0 bridgehead atoms. The predicted octanol–water partition coefficient (Wildman–Crippen LogP) is 2.15. The molecule has 0 saturated carbocycles. The number of Topliss-reactive ketones (excluding diaryl/α,β-unsaturated/α-hetero) is 1. The normalized spacial score (nSPS) is 17.0. The van der Waals surface area contributed by atoms with Crippen LogP contribution in [0.3, 0.4) is 0 Å². The van der Waals surface area contributed by atoms with Crippen LogP contribution in [0.25, 0.3) is 0 Å². The summed E-state index contributed by atoms with van der Waals surface area (Å²) in [7, 11) is 1.86. The zero-order valence-corrected chi connectivity index (χ0v) is 13.5. The fraction of sp³-hybridized carbons (Fsp3) is 0.500. The Morgan fingerprint density at radius 1 is 1.17 bits per heavy atom. The number of carbonyl (C=O) groups is 2. The minimum Gasteiger partial charge on any atom is -0.481 e. The smallest absolute Gasteiger partial charge is 0.314 e. The number of likely N-dealkylation sites (N-methyl/N-ethyl adjacent to an activating group) is 1. The number of nitrogens with zero attached hydrogens (tertiary/aromatic N) is 2. The molecule has 0 spiro atoms. The Morgan fingerprint density at radius 3 is 2.25 bits per heavy atom. The van der Waals surface area contributed by atoms with Crippen molar-refractivity contribution < 1.29 is 27.9 Å². The van der Waals surface area contributed by atoms with Gasteiger partial charge in [0.1, 0.15) is 17.4 Å². The topological polar surface area (TPSA) is 60.9 Å². The molecule has 2 rings (SSSR count). The SMILES string of the molecule is CCC(C(=O)O)C(=O)c1cc(F)c(N2CCN(C)CC2)c(F)c1F. The van der Waals surface area contributed by atoms with Gasteiger partial charge in [0.15, 0.2) is 17.4 Å². The van der Waals surface area contributed by atoms with Crippen molar-refractivity contribution in [2.45, 2.75) is 13.3 Å². The Hall–Kier alpha value is -2.09. The van der Waals surface area contributed by atoms with Crippen LogP contribution in [-0.2, 0) is 4.79 Å². The first-order chi connectivity index (χ1) is 11.3. The van der Waals surface area contributed by atoms with E-state index in [0.717, 1.165) is 0 Å². The van der Waals surface area contributed by atoms with Gasteiger partial charge in [-0.25, -0.2) is 13.2 Å². The first kappa shape index (κ1) is 18.3. The number of carboxylic acid groups (broad SMARTS) is 1. The Bertz CT molecular complexity index is 658. The Balaban J connectivity index is 2.41. The highest BCUT2D eigenvalue weighted by Gasteiger charge is 2.32. The summed E-state index contributed by atoms with van der Waals surface area (Å²) in [5.74, 6) is -8.15. The van der Waals surface area contributed by atoms with Crippen molar-refractivity contribution >= 4 is 17.4 Å². The molecule has 1 aliphatic heterocycles. The lowest BCUT2D eigenvalue weighted by Crippen LogP contribution is -2.45. The number of hydrogen-bond acceptors (Lipinski definition) is 4. The minimum absolute atomic E-state index is 0.100.